The summed E-state index contributed by atoms with van der Waals surface area (Å²) in [6.45, 7) is 1.30. The minimum atomic E-state index is -2.27. The predicted octanol–water partition coefficient (Wildman–Crippen LogP) is 3.80. The number of aromatic hydroxyl groups is 1. The van der Waals surface area contributed by atoms with Gasteiger partial charge in [0.2, 0.25) is 0 Å². The number of ketones is 2. The highest BCUT2D eigenvalue weighted by Gasteiger charge is 2.71. The Bertz CT molecular complexity index is 2480. The van der Waals surface area contributed by atoms with Gasteiger partial charge in [-0.25, -0.2) is 28.5 Å². The molecule has 0 saturated heterocycles. The second kappa shape index (κ2) is 12.1. The maximum atomic E-state index is 14.2. The van der Waals surface area contributed by atoms with Gasteiger partial charge in [-0.3, -0.25) is 14.4 Å². The van der Waals surface area contributed by atoms with Crippen LogP contribution in [0.2, 0.25) is 0 Å². The van der Waals surface area contributed by atoms with Crippen molar-refractivity contribution in [3.05, 3.63) is 100 Å². The zero-order valence-corrected chi connectivity index (χ0v) is 30.5. The maximum Gasteiger partial charge on any atom is 0.347 e. The Morgan fingerprint density at radius 1 is 0.980 bits per heavy atom. The lowest BCUT2D eigenvalue weighted by atomic mass is 9.59. The van der Waals surface area contributed by atoms with Gasteiger partial charge in [-0.1, -0.05) is 47.5 Å². The Balaban J connectivity index is 1.34. The molecule has 0 spiro atoms. The van der Waals surface area contributed by atoms with E-state index in [1.54, 1.807) is 50.4 Å². The highest BCUT2D eigenvalue weighted by atomic mass is 35.5. The van der Waals surface area contributed by atoms with Crippen LogP contribution in [0.3, 0.4) is 0 Å². The number of hydrogen-bond donors (Lipinski definition) is 1. The largest absolute Gasteiger partial charge is 0.507 e. The third-order valence-electron chi connectivity index (χ3n) is 10.2. The van der Waals surface area contributed by atoms with Crippen molar-refractivity contribution < 1.29 is 24.2 Å². The molecule has 51 heavy (non-hydrogen) atoms. The molecule has 3 heterocycles. The average molecular weight is 777 g/mol. The van der Waals surface area contributed by atoms with Crippen molar-refractivity contribution in [2.24, 2.45) is 7.05 Å². The minimum absolute atomic E-state index is 0.0863. The highest BCUT2D eigenvalue weighted by molar-refractivity contribution is 6.66. The Labute approximate surface area is 308 Å². The monoisotopic (exact) mass is 775 g/mol. The first kappa shape index (κ1) is 35.1. The fourth-order valence-electron chi connectivity index (χ4n) is 7.56. The number of nitrogens with zero attached hydrogens (tertiary/aromatic N) is 5. The quantitative estimate of drug-likeness (QED) is 0.227. The number of aromatic nitrogens is 5. The summed E-state index contributed by atoms with van der Waals surface area (Å²) in [6, 6.07) is 7.00. The summed E-state index contributed by atoms with van der Waals surface area (Å²) in [6.07, 6.45) is 1.13. The van der Waals surface area contributed by atoms with Gasteiger partial charge in [0.1, 0.15) is 31.3 Å². The number of phenolic OH excluding ortho intramolecular Hbond substituents is 1. The first-order valence-electron chi connectivity index (χ1n) is 15.7. The molecule has 2 aliphatic carbocycles. The molecule has 4 aromatic rings. The number of para-hydroxylation sites is 1. The molecular weight excluding hydrogens is 748 g/mol. The van der Waals surface area contributed by atoms with E-state index in [0.29, 0.717) is 33.7 Å². The maximum absolute atomic E-state index is 14.2. The molecule has 1 saturated carbocycles. The van der Waals surface area contributed by atoms with Gasteiger partial charge in [0.05, 0.1) is 37.8 Å². The number of allylic oxidation sites excluding steroid dienone is 4. The van der Waals surface area contributed by atoms with E-state index in [1.165, 1.54) is 28.2 Å². The van der Waals surface area contributed by atoms with Crippen LogP contribution in [0.4, 0.5) is 0 Å². The van der Waals surface area contributed by atoms with Gasteiger partial charge < -0.3 is 19.1 Å². The van der Waals surface area contributed by atoms with Crippen molar-refractivity contribution >= 4 is 69.0 Å². The molecule has 3 aliphatic rings. The highest BCUT2D eigenvalue weighted by Crippen LogP contribution is 2.64. The Hall–Kier alpha value is -4.30. The second-order valence-corrected chi connectivity index (χ2v) is 14.7. The SMILES string of the molecule is COc1cc2nc(CCn3c(=O)n4n(c3=O)C3CC5(Cl)C(=O)C(Cl)=C(Cl)C(=O)C5(Cl)C(c5cccc(C)c5O)C3=CC4)c(=O)n(C)c2cc1OC. The summed E-state index contributed by atoms with van der Waals surface area (Å²) in [4.78, 5) is 69.2. The molecule has 266 valence electrons. The van der Waals surface area contributed by atoms with Crippen LogP contribution in [0.1, 0.15) is 35.2 Å². The van der Waals surface area contributed by atoms with Crippen molar-refractivity contribution in [2.75, 3.05) is 14.2 Å². The predicted molar refractivity (Wildman–Crippen MR) is 190 cm³/mol. The van der Waals surface area contributed by atoms with Gasteiger partial charge in [-0.2, -0.15) is 0 Å². The summed E-state index contributed by atoms with van der Waals surface area (Å²) in [7, 11) is 4.52. The van der Waals surface area contributed by atoms with Gasteiger partial charge in [-0.05, 0) is 18.1 Å². The molecule has 0 radical (unpaired) electrons. The molecule has 2 aromatic carbocycles. The number of benzene rings is 2. The van der Waals surface area contributed by atoms with Crippen LogP contribution in [0.15, 0.2) is 66.4 Å². The molecule has 1 N–H and O–H groups in total. The minimum Gasteiger partial charge on any atom is -0.507 e. The van der Waals surface area contributed by atoms with Crippen LogP contribution in [-0.4, -0.2) is 64.1 Å². The van der Waals surface area contributed by atoms with Crippen LogP contribution in [0, 0.1) is 6.92 Å². The summed E-state index contributed by atoms with van der Waals surface area (Å²) in [5, 5.41) is 10.1. The average Bonchev–Trinajstić information content (AvgIpc) is 3.36. The van der Waals surface area contributed by atoms with E-state index in [1.807, 2.05) is 0 Å². The summed E-state index contributed by atoms with van der Waals surface area (Å²) in [5.74, 6) is -2.50. The lowest BCUT2D eigenvalue weighted by molar-refractivity contribution is -0.128. The molecule has 2 aromatic heterocycles. The third kappa shape index (κ3) is 4.74. The van der Waals surface area contributed by atoms with E-state index in [4.69, 9.17) is 55.9 Å². The molecule has 13 nitrogen and oxygen atoms in total. The molecular formula is C34H29Cl4N5O8. The van der Waals surface area contributed by atoms with E-state index in [-0.39, 0.29) is 36.5 Å². The molecule has 17 heteroatoms. The zero-order chi connectivity index (χ0) is 36.9. The number of rotatable bonds is 6. The number of Topliss-reactive ketones (excluding diaryl/α,β-unsaturated/α-hetero) is 2. The van der Waals surface area contributed by atoms with Gasteiger partial charge in [0.25, 0.3) is 5.56 Å². The lowest BCUT2D eigenvalue weighted by Gasteiger charge is -2.54. The van der Waals surface area contributed by atoms with Gasteiger partial charge >= 0.3 is 11.4 Å². The van der Waals surface area contributed by atoms with Crippen LogP contribution in [0.25, 0.3) is 11.0 Å². The Morgan fingerprint density at radius 2 is 1.65 bits per heavy atom. The van der Waals surface area contributed by atoms with E-state index < -0.39 is 66.7 Å². The summed E-state index contributed by atoms with van der Waals surface area (Å²) < 4.78 is 15.5. The molecule has 0 amide bonds. The molecule has 4 unspecified atom stereocenters. The second-order valence-electron chi connectivity index (χ2n) is 12.7. The Morgan fingerprint density at radius 3 is 2.33 bits per heavy atom. The Kier molecular flexibility index (Phi) is 8.36. The van der Waals surface area contributed by atoms with Crippen molar-refractivity contribution in [1.29, 1.82) is 0 Å². The lowest BCUT2D eigenvalue weighted by Crippen LogP contribution is -2.67. The van der Waals surface area contributed by atoms with Gasteiger partial charge in [0.15, 0.2) is 23.1 Å². The number of fused-ring (bicyclic) bond motifs is 5. The van der Waals surface area contributed by atoms with Gasteiger partial charge in [0, 0.05) is 50.0 Å². The van der Waals surface area contributed by atoms with Crippen molar-refractivity contribution in [1.82, 2.24) is 23.5 Å². The molecule has 4 atom stereocenters. The number of carbonyl (C=O) groups excluding carboxylic acids is 2. The number of phenols is 1. The van der Waals surface area contributed by atoms with Crippen LogP contribution in [-0.2, 0) is 36.1 Å². The molecule has 1 aliphatic heterocycles. The van der Waals surface area contributed by atoms with Crippen LogP contribution < -0.4 is 26.4 Å². The third-order valence-corrected chi connectivity index (χ3v) is 12.4. The van der Waals surface area contributed by atoms with E-state index in [9.17, 15) is 29.1 Å². The van der Waals surface area contributed by atoms with E-state index >= 15 is 0 Å². The number of ether oxygens (including phenoxy) is 2. The van der Waals surface area contributed by atoms with Crippen molar-refractivity contribution in [3.63, 3.8) is 0 Å². The smallest absolute Gasteiger partial charge is 0.347 e. The fourth-order valence-corrected chi connectivity index (χ4v) is 9.07. The van der Waals surface area contributed by atoms with Gasteiger partial charge in [-0.15, -0.1) is 23.2 Å². The van der Waals surface area contributed by atoms with E-state index in [0.717, 1.165) is 4.57 Å². The topological polar surface area (TPSA) is 157 Å². The number of aryl methyl sites for hydroxylation is 3. The normalized spacial score (nSPS) is 24.3. The zero-order valence-electron chi connectivity index (χ0n) is 27.5. The number of carbonyl (C=O) groups is 2. The standard InChI is InChI=1S/C34H29Cl4N5O8/c1-15-6-5-7-17(27(15)44)24-16-8-11-42-31(48)41(10-9-18-30(47)40(2)20-13-23(51-4)22(50-3)12-19(20)39-18)32(49)43(42)21(16)14-33(37)28(45)25(35)26(36)29(46)34(24,33)38/h5-8,12-13,21,24,44H,9-11,14H2,1-4H3. The van der Waals surface area contributed by atoms with Crippen molar-refractivity contribution in [3.8, 4) is 17.2 Å². The number of hydrogen-bond acceptors (Lipinski definition) is 9. The van der Waals surface area contributed by atoms with Crippen LogP contribution >= 0.6 is 46.4 Å². The fraction of sp³-hybridized carbons (Fsp3) is 0.353. The molecule has 0 bridgehead atoms. The molecule has 1 fully saturated rings. The molecule has 7 rings (SSSR count). The summed E-state index contributed by atoms with van der Waals surface area (Å²) in [5.41, 5.74) is 0.132. The number of halogens is 4. The van der Waals surface area contributed by atoms with Crippen molar-refractivity contribution in [2.45, 2.75) is 54.6 Å². The first-order chi connectivity index (χ1) is 24.1. The first-order valence-corrected chi connectivity index (χ1v) is 17.2. The van der Waals surface area contributed by atoms with E-state index in [2.05, 4.69) is 4.98 Å². The summed E-state index contributed by atoms with van der Waals surface area (Å²) >= 11 is 26.9. The number of methoxy groups -OCH3 is 2. The van der Waals surface area contributed by atoms with Crippen LogP contribution in [0.5, 0.6) is 17.2 Å². The number of alkyl halides is 2.